The topological polar surface area (TPSA) is 42.6 Å². The Kier molecular flexibility index (Phi) is 6.00. The summed E-state index contributed by atoms with van der Waals surface area (Å²) < 4.78 is 1.96. The second kappa shape index (κ2) is 8.84. The third-order valence-electron chi connectivity index (χ3n) is 6.06. The quantitative estimate of drug-likeness (QED) is 0.711. The van der Waals surface area contributed by atoms with Crippen molar-refractivity contribution in [2.75, 3.05) is 26.2 Å². The summed E-state index contributed by atoms with van der Waals surface area (Å²) in [5.41, 5.74) is 6.42. The first kappa shape index (κ1) is 20.4. The summed E-state index contributed by atoms with van der Waals surface area (Å²) in [4.78, 5) is 16.8. The van der Waals surface area contributed by atoms with Gasteiger partial charge in [-0.2, -0.15) is 5.10 Å². The number of aromatic nitrogens is 2. The maximum atomic E-state index is 13.3. The molecule has 0 atom stereocenters. The molecule has 0 aliphatic carbocycles. The molecule has 1 aromatic heterocycles. The van der Waals surface area contributed by atoms with Gasteiger partial charge in [0.1, 0.15) is 6.54 Å². The van der Waals surface area contributed by atoms with Gasteiger partial charge in [0.15, 0.2) is 0 Å². The van der Waals surface area contributed by atoms with Crippen LogP contribution in [-0.4, -0.2) is 46.8 Å². The van der Waals surface area contributed by atoms with E-state index in [1.54, 1.807) is 0 Å². The van der Waals surface area contributed by atoms with Crippen LogP contribution >= 0.6 is 0 Å². The van der Waals surface area contributed by atoms with Crippen molar-refractivity contribution in [1.29, 1.82) is 0 Å². The molecule has 1 saturated heterocycles. The van der Waals surface area contributed by atoms with Crippen molar-refractivity contribution in [1.82, 2.24) is 14.7 Å². The van der Waals surface area contributed by atoms with E-state index < -0.39 is 0 Å². The minimum Gasteiger partial charge on any atom is -0.328 e. The van der Waals surface area contributed by atoms with Crippen LogP contribution in [-0.2, 0) is 13.1 Å². The van der Waals surface area contributed by atoms with Crippen LogP contribution < -0.4 is 4.90 Å². The number of nitrogens with zero attached hydrogens (tertiary/aromatic N) is 3. The Labute approximate surface area is 178 Å². The summed E-state index contributed by atoms with van der Waals surface area (Å²) in [5, 5.41) is 4.66. The second-order valence-electron chi connectivity index (χ2n) is 8.40. The Morgan fingerprint density at radius 1 is 0.967 bits per heavy atom. The fourth-order valence-electron chi connectivity index (χ4n) is 4.39. The van der Waals surface area contributed by atoms with Crippen molar-refractivity contribution >= 4 is 5.91 Å². The number of hydrogen-bond donors (Lipinski definition) is 1. The van der Waals surface area contributed by atoms with Crippen LogP contribution in [0.1, 0.15) is 38.4 Å². The highest BCUT2D eigenvalue weighted by Gasteiger charge is 2.28. The molecule has 30 heavy (non-hydrogen) atoms. The van der Waals surface area contributed by atoms with E-state index in [2.05, 4.69) is 48.4 Å². The standard InChI is InChI=1S/C25H30N4O/c1-19-8-7-11-23(16-19)17-27-12-14-28(15-13-27)25(30)24-20(2)26-29(21(24)3)18-22-9-5-4-6-10-22/h4-11,16H,12-15,17-18H2,1-3H3/p+1. The number of piperazine rings is 1. The number of carbonyl (C=O) groups is 1. The highest BCUT2D eigenvalue weighted by Crippen LogP contribution is 2.17. The lowest BCUT2D eigenvalue weighted by molar-refractivity contribution is -0.917. The minimum atomic E-state index is 0.124. The van der Waals surface area contributed by atoms with Gasteiger partial charge < -0.3 is 9.80 Å². The number of hydrogen-bond acceptors (Lipinski definition) is 2. The molecule has 2 heterocycles. The average Bonchev–Trinajstić information content (AvgIpc) is 3.02. The number of aryl methyl sites for hydroxylation is 2. The molecule has 4 rings (SSSR count). The molecule has 156 valence electrons. The van der Waals surface area contributed by atoms with Gasteiger partial charge in [-0.3, -0.25) is 9.48 Å². The highest BCUT2D eigenvalue weighted by atomic mass is 16.2. The van der Waals surface area contributed by atoms with Crippen LogP contribution in [0.3, 0.4) is 0 Å². The lowest BCUT2D eigenvalue weighted by atomic mass is 10.1. The largest absolute Gasteiger partial charge is 0.328 e. The van der Waals surface area contributed by atoms with Gasteiger partial charge in [0.05, 0.1) is 44.0 Å². The van der Waals surface area contributed by atoms with Crippen LogP contribution in [0, 0.1) is 20.8 Å². The molecule has 5 nitrogen and oxygen atoms in total. The van der Waals surface area contributed by atoms with Gasteiger partial charge in [-0.25, -0.2) is 0 Å². The lowest BCUT2D eigenvalue weighted by Crippen LogP contribution is -3.13. The zero-order chi connectivity index (χ0) is 21.1. The second-order valence-corrected chi connectivity index (χ2v) is 8.40. The molecule has 1 N–H and O–H groups in total. The molecule has 1 amide bonds. The molecule has 0 bridgehead atoms. The Balaban J connectivity index is 1.40. The molecule has 5 heteroatoms. The summed E-state index contributed by atoms with van der Waals surface area (Å²) in [6.45, 7) is 11.4. The molecule has 1 fully saturated rings. The van der Waals surface area contributed by atoms with E-state index in [0.29, 0.717) is 6.54 Å². The van der Waals surface area contributed by atoms with Crippen LogP contribution in [0.15, 0.2) is 54.6 Å². The molecular weight excluding hydrogens is 372 g/mol. The highest BCUT2D eigenvalue weighted by molar-refractivity contribution is 5.96. The summed E-state index contributed by atoms with van der Waals surface area (Å²) >= 11 is 0. The van der Waals surface area contributed by atoms with Gasteiger partial charge >= 0.3 is 0 Å². The third-order valence-corrected chi connectivity index (χ3v) is 6.06. The number of rotatable bonds is 5. The van der Waals surface area contributed by atoms with Crippen LogP contribution in [0.5, 0.6) is 0 Å². The molecule has 1 aliphatic rings. The van der Waals surface area contributed by atoms with Gasteiger partial charge in [-0.05, 0) is 26.3 Å². The van der Waals surface area contributed by atoms with E-state index in [1.165, 1.54) is 21.6 Å². The van der Waals surface area contributed by atoms with E-state index in [0.717, 1.165) is 49.7 Å². The normalized spacial score (nSPS) is 14.8. The molecule has 2 aromatic carbocycles. The smallest absolute Gasteiger partial charge is 0.258 e. The predicted molar refractivity (Wildman–Crippen MR) is 119 cm³/mol. The molecular formula is C25H31N4O+. The number of nitrogens with one attached hydrogen (secondary N) is 1. The Bertz CT molecular complexity index is 1020. The zero-order valence-corrected chi connectivity index (χ0v) is 18.2. The first-order valence-corrected chi connectivity index (χ1v) is 10.8. The van der Waals surface area contributed by atoms with E-state index >= 15 is 0 Å². The van der Waals surface area contributed by atoms with Crippen molar-refractivity contribution in [3.05, 3.63) is 88.2 Å². The molecule has 0 radical (unpaired) electrons. The van der Waals surface area contributed by atoms with Gasteiger partial charge in [0, 0.05) is 11.3 Å². The molecule has 3 aromatic rings. The van der Waals surface area contributed by atoms with Gasteiger partial charge in [0.2, 0.25) is 0 Å². The molecule has 0 spiro atoms. The van der Waals surface area contributed by atoms with E-state index in [9.17, 15) is 4.79 Å². The van der Waals surface area contributed by atoms with Crippen molar-refractivity contribution in [2.24, 2.45) is 0 Å². The van der Waals surface area contributed by atoms with E-state index in [-0.39, 0.29) is 5.91 Å². The maximum Gasteiger partial charge on any atom is 0.258 e. The number of benzene rings is 2. The lowest BCUT2D eigenvalue weighted by Gasteiger charge is -2.32. The van der Waals surface area contributed by atoms with E-state index in [4.69, 9.17) is 0 Å². The third kappa shape index (κ3) is 4.46. The molecule has 1 aliphatic heterocycles. The summed E-state index contributed by atoms with van der Waals surface area (Å²) in [5.74, 6) is 0.124. The van der Waals surface area contributed by atoms with Crippen molar-refractivity contribution in [2.45, 2.75) is 33.9 Å². The fourth-order valence-corrected chi connectivity index (χ4v) is 4.39. The van der Waals surface area contributed by atoms with Crippen LogP contribution in [0.2, 0.25) is 0 Å². The predicted octanol–water partition coefficient (Wildman–Crippen LogP) is 2.40. The number of amides is 1. The fraction of sp³-hybridized carbons (Fsp3) is 0.360. The van der Waals surface area contributed by atoms with Gasteiger partial charge in [-0.15, -0.1) is 0 Å². The summed E-state index contributed by atoms with van der Waals surface area (Å²) in [7, 11) is 0. The first-order chi connectivity index (χ1) is 14.5. The minimum absolute atomic E-state index is 0.124. The zero-order valence-electron chi connectivity index (χ0n) is 18.2. The Morgan fingerprint density at radius 2 is 1.67 bits per heavy atom. The Morgan fingerprint density at radius 3 is 2.37 bits per heavy atom. The van der Waals surface area contributed by atoms with E-state index in [1.807, 2.05) is 41.6 Å². The van der Waals surface area contributed by atoms with Crippen molar-refractivity contribution in [3.8, 4) is 0 Å². The monoisotopic (exact) mass is 403 g/mol. The maximum absolute atomic E-state index is 13.3. The number of carbonyl (C=O) groups excluding carboxylic acids is 1. The van der Waals surface area contributed by atoms with Crippen LogP contribution in [0.25, 0.3) is 0 Å². The van der Waals surface area contributed by atoms with Crippen molar-refractivity contribution in [3.63, 3.8) is 0 Å². The summed E-state index contributed by atoms with van der Waals surface area (Å²) in [6.07, 6.45) is 0. The first-order valence-electron chi connectivity index (χ1n) is 10.8. The molecule has 0 unspecified atom stereocenters. The van der Waals surface area contributed by atoms with Gasteiger partial charge in [0.25, 0.3) is 5.91 Å². The van der Waals surface area contributed by atoms with Gasteiger partial charge in [-0.1, -0.05) is 60.2 Å². The number of quaternary nitrogens is 1. The summed E-state index contributed by atoms with van der Waals surface area (Å²) in [6, 6.07) is 19.0. The van der Waals surface area contributed by atoms with Crippen molar-refractivity contribution < 1.29 is 9.69 Å². The average molecular weight is 404 g/mol. The Hall–Kier alpha value is -2.92. The molecule has 0 saturated carbocycles. The SMILES string of the molecule is Cc1cccc(C[NH+]2CCN(C(=O)c3c(C)nn(Cc4ccccc4)c3C)CC2)c1. The van der Waals surface area contributed by atoms with Crippen LogP contribution in [0.4, 0.5) is 0 Å².